The van der Waals surface area contributed by atoms with Crippen molar-refractivity contribution in [3.05, 3.63) is 54.1 Å². The summed E-state index contributed by atoms with van der Waals surface area (Å²) in [5.41, 5.74) is 2.42. The Kier molecular flexibility index (Phi) is 9.00. The molecule has 1 aliphatic rings. The van der Waals surface area contributed by atoms with Crippen LogP contribution in [0.15, 0.2) is 48.5 Å². The van der Waals surface area contributed by atoms with Crippen molar-refractivity contribution in [2.24, 2.45) is 0 Å². The highest BCUT2D eigenvalue weighted by Gasteiger charge is 2.19. The number of methoxy groups -OCH3 is 1. The quantitative estimate of drug-likeness (QED) is 0.554. The normalized spacial score (nSPS) is 15.8. The third-order valence-electron chi connectivity index (χ3n) is 5.62. The highest BCUT2D eigenvalue weighted by atomic mass is 16.5. The third-order valence-corrected chi connectivity index (χ3v) is 5.62. The molecule has 1 aliphatic heterocycles. The topological polar surface area (TPSA) is 54.4 Å². The van der Waals surface area contributed by atoms with E-state index in [1.165, 1.54) is 11.3 Å². The number of rotatable bonds is 11. The number of aliphatic hydroxyl groups excluding tert-OH is 1. The molecule has 6 heteroatoms. The molecule has 0 bridgehead atoms. The smallest absolute Gasteiger partial charge is 0.122 e. The number of ether oxygens (including phenoxy) is 3. The first-order valence-corrected chi connectivity index (χ1v) is 11.2. The van der Waals surface area contributed by atoms with E-state index in [0.717, 1.165) is 37.7 Å². The number of aliphatic hydroxyl groups is 1. The lowest BCUT2D eigenvalue weighted by Crippen LogP contribution is -2.49. The van der Waals surface area contributed by atoms with Crippen molar-refractivity contribution in [1.29, 1.82) is 0 Å². The van der Waals surface area contributed by atoms with Crippen molar-refractivity contribution in [3.63, 3.8) is 0 Å². The van der Waals surface area contributed by atoms with Crippen molar-refractivity contribution < 1.29 is 19.3 Å². The lowest BCUT2D eigenvalue weighted by molar-refractivity contribution is 0.00709. The molecule has 170 valence electrons. The van der Waals surface area contributed by atoms with Crippen LogP contribution in [-0.4, -0.2) is 75.8 Å². The van der Waals surface area contributed by atoms with Gasteiger partial charge in [-0.3, -0.25) is 4.90 Å². The molecule has 0 aromatic heterocycles. The number of hydrogen-bond donors (Lipinski definition) is 1. The van der Waals surface area contributed by atoms with E-state index < -0.39 is 6.10 Å². The molecule has 1 unspecified atom stereocenters. The number of hydrogen-bond acceptors (Lipinski definition) is 6. The highest BCUT2D eigenvalue weighted by Crippen LogP contribution is 2.25. The minimum absolute atomic E-state index is 0.327. The van der Waals surface area contributed by atoms with Gasteiger partial charge < -0.3 is 24.2 Å². The molecular weight excluding hydrogens is 392 g/mol. The first kappa shape index (κ1) is 23.4. The van der Waals surface area contributed by atoms with Gasteiger partial charge in [0.1, 0.15) is 18.1 Å². The van der Waals surface area contributed by atoms with Crippen LogP contribution in [0.25, 0.3) is 0 Å². The number of β-amino-alcohol motifs (C(OH)–C–C–N with tert-alkyl or cyclic N) is 1. The van der Waals surface area contributed by atoms with Crippen LogP contribution in [0.4, 0.5) is 5.69 Å². The van der Waals surface area contributed by atoms with Crippen LogP contribution < -0.4 is 14.4 Å². The molecule has 0 amide bonds. The van der Waals surface area contributed by atoms with Crippen LogP contribution in [-0.2, 0) is 4.74 Å². The molecular formula is C25H36N2O4. The zero-order valence-corrected chi connectivity index (χ0v) is 19.0. The van der Waals surface area contributed by atoms with Gasteiger partial charge in [-0.05, 0) is 41.8 Å². The molecule has 0 aliphatic carbocycles. The lowest BCUT2D eigenvalue weighted by atomic mass is 10.0. The molecule has 1 fully saturated rings. The van der Waals surface area contributed by atoms with Crippen LogP contribution in [0.3, 0.4) is 0 Å². The van der Waals surface area contributed by atoms with E-state index in [1.807, 2.05) is 30.3 Å². The standard InChI is InChI=1S/C25H36N2O4/c1-20(2)24-6-4-5-7-25(24)31-17-16-30-19-22(28)18-26-12-14-27(15-13-26)21-8-10-23(29-3)11-9-21/h4-11,20,22,28H,12-19H2,1-3H3. The van der Waals surface area contributed by atoms with Crippen molar-refractivity contribution in [3.8, 4) is 11.5 Å². The van der Waals surface area contributed by atoms with E-state index in [-0.39, 0.29) is 0 Å². The van der Waals surface area contributed by atoms with Crippen LogP contribution in [0.1, 0.15) is 25.3 Å². The van der Waals surface area contributed by atoms with E-state index >= 15 is 0 Å². The Morgan fingerprint density at radius 3 is 2.32 bits per heavy atom. The summed E-state index contributed by atoms with van der Waals surface area (Å²) in [5.74, 6) is 2.21. The van der Waals surface area contributed by atoms with Gasteiger partial charge in [-0.15, -0.1) is 0 Å². The number of nitrogens with zero attached hydrogens (tertiary/aromatic N) is 2. The zero-order valence-electron chi connectivity index (χ0n) is 19.0. The molecule has 1 atom stereocenters. The number of para-hydroxylation sites is 1. The second kappa shape index (κ2) is 11.9. The molecule has 2 aromatic carbocycles. The van der Waals surface area contributed by atoms with E-state index in [0.29, 0.717) is 32.3 Å². The average molecular weight is 429 g/mol. The summed E-state index contributed by atoms with van der Waals surface area (Å²) >= 11 is 0. The van der Waals surface area contributed by atoms with Gasteiger partial charge >= 0.3 is 0 Å². The maximum absolute atomic E-state index is 10.3. The Bertz CT molecular complexity index is 773. The van der Waals surface area contributed by atoms with E-state index in [9.17, 15) is 5.11 Å². The predicted molar refractivity (Wildman–Crippen MR) is 124 cm³/mol. The summed E-state index contributed by atoms with van der Waals surface area (Å²) in [4.78, 5) is 4.66. The van der Waals surface area contributed by atoms with Gasteiger partial charge in [-0.25, -0.2) is 0 Å². The highest BCUT2D eigenvalue weighted by molar-refractivity contribution is 5.49. The first-order valence-electron chi connectivity index (χ1n) is 11.2. The molecule has 0 radical (unpaired) electrons. The Hall–Kier alpha value is -2.28. The van der Waals surface area contributed by atoms with E-state index in [2.05, 4.69) is 41.8 Å². The van der Waals surface area contributed by atoms with Crippen LogP contribution >= 0.6 is 0 Å². The largest absolute Gasteiger partial charge is 0.497 e. The van der Waals surface area contributed by atoms with E-state index in [4.69, 9.17) is 14.2 Å². The number of anilines is 1. The Balaban J connectivity index is 1.30. The Morgan fingerprint density at radius 2 is 1.65 bits per heavy atom. The van der Waals surface area contributed by atoms with Crippen molar-refractivity contribution >= 4 is 5.69 Å². The van der Waals surface area contributed by atoms with Crippen LogP contribution in [0, 0.1) is 0 Å². The van der Waals surface area contributed by atoms with Crippen molar-refractivity contribution in [1.82, 2.24) is 4.90 Å². The van der Waals surface area contributed by atoms with Crippen LogP contribution in [0.2, 0.25) is 0 Å². The zero-order chi connectivity index (χ0) is 22.1. The van der Waals surface area contributed by atoms with Gasteiger partial charge in [0.15, 0.2) is 0 Å². The fourth-order valence-corrected chi connectivity index (χ4v) is 3.85. The third kappa shape index (κ3) is 7.13. The van der Waals surface area contributed by atoms with Gasteiger partial charge in [-0.1, -0.05) is 32.0 Å². The SMILES string of the molecule is COc1ccc(N2CCN(CC(O)COCCOc3ccccc3C(C)C)CC2)cc1. The van der Waals surface area contributed by atoms with Crippen molar-refractivity contribution in [2.45, 2.75) is 25.9 Å². The fourth-order valence-electron chi connectivity index (χ4n) is 3.85. The predicted octanol–water partition coefficient (Wildman–Crippen LogP) is 3.40. The average Bonchev–Trinajstić information content (AvgIpc) is 2.79. The summed E-state index contributed by atoms with van der Waals surface area (Å²) in [6.45, 7) is 9.98. The lowest BCUT2D eigenvalue weighted by Gasteiger charge is -2.36. The molecule has 31 heavy (non-hydrogen) atoms. The van der Waals surface area contributed by atoms with Crippen LogP contribution in [0.5, 0.6) is 11.5 Å². The molecule has 6 nitrogen and oxygen atoms in total. The van der Waals surface area contributed by atoms with Gasteiger partial charge in [0, 0.05) is 38.4 Å². The molecule has 1 N–H and O–H groups in total. The first-order chi connectivity index (χ1) is 15.1. The van der Waals surface area contributed by atoms with Gasteiger partial charge in [0.25, 0.3) is 0 Å². The number of piperazine rings is 1. The van der Waals surface area contributed by atoms with Crippen molar-refractivity contribution in [2.75, 3.05) is 64.6 Å². The molecule has 0 spiro atoms. The number of benzene rings is 2. The second-order valence-corrected chi connectivity index (χ2v) is 8.26. The minimum Gasteiger partial charge on any atom is -0.497 e. The minimum atomic E-state index is -0.490. The second-order valence-electron chi connectivity index (χ2n) is 8.26. The molecule has 0 saturated carbocycles. The van der Waals surface area contributed by atoms with Gasteiger partial charge in [0.2, 0.25) is 0 Å². The summed E-state index contributed by atoms with van der Waals surface area (Å²) in [6.07, 6.45) is -0.490. The van der Waals surface area contributed by atoms with Gasteiger partial charge in [-0.2, -0.15) is 0 Å². The summed E-state index contributed by atoms with van der Waals surface area (Å²) in [6, 6.07) is 16.3. The Labute approximate surface area is 186 Å². The van der Waals surface area contributed by atoms with E-state index in [1.54, 1.807) is 7.11 Å². The summed E-state index contributed by atoms with van der Waals surface area (Å²) in [5, 5.41) is 10.3. The monoisotopic (exact) mass is 428 g/mol. The van der Waals surface area contributed by atoms with Gasteiger partial charge in [0.05, 0.1) is 26.4 Å². The Morgan fingerprint density at radius 1 is 0.935 bits per heavy atom. The summed E-state index contributed by atoms with van der Waals surface area (Å²) in [7, 11) is 1.68. The maximum Gasteiger partial charge on any atom is 0.122 e. The molecule has 3 rings (SSSR count). The molecule has 1 heterocycles. The molecule has 2 aromatic rings. The maximum atomic E-state index is 10.3. The fraction of sp³-hybridized carbons (Fsp3) is 0.520. The molecule has 1 saturated heterocycles. The summed E-state index contributed by atoms with van der Waals surface area (Å²) < 4.78 is 16.7.